The standard InChI is InChI=1S/C8H11.Zr/c1-3-8-6-4-5-7(8)2;/h6H,3-4H2,1-2H3;/q-1;. The minimum Gasteiger partial charge on any atom is -0.269 e. The van der Waals surface area contributed by atoms with Crippen LogP contribution in [0.5, 0.6) is 0 Å². The van der Waals surface area contributed by atoms with Crippen LogP contribution in [0.4, 0.5) is 0 Å². The summed E-state index contributed by atoms with van der Waals surface area (Å²) in [6.45, 7) is 4.31. The Hall–Kier alpha value is 0.363. The van der Waals surface area contributed by atoms with Crippen LogP contribution in [0.15, 0.2) is 17.2 Å². The van der Waals surface area contributed by atoms with E-state index in [1.165, 1.54) is 17.6 Å². The Bertz CT molecular complexity index is 143. The molecule has 0 heterocycles. The largest absolute Gasteiger partial charge is 0.269 e. The summed E-state index contributed by atoms with van der Waals surface area (Å²) in [6.07, 6.45) is 7.69. The fourth-order valence-electron chi connectivity index (χ4n) is 1.00. The molecule has 0 bridgehead atoms. The molecule has 0 spiro atoms. The number of hydrogen-bond donors (Lipinski definition) is 0. The molecule has 1 rings (SSSR count). The van der Waals surface area contributed by atoms with Crippen molar-refractivity contribution in [3.05, 3.63) is 23.3 Å². The average Bonchev–Trinajstić information content (AvgIpc) is 2.14. The number of allylic oxidation sites excluding steroid dienone is 4. The van der Waals surface area contributed by atoms with Crippen molar-refractivity contribution in [3.63, 3.8) is 0 Å². The molecule has 1 aliphatic rings. The van der Waals surface area contributed by atoms with Crippen LogP contribution in [-0.2, 0) is 26.2 Å². The zero-order valence-corrected chi connectivity index (χ0v) is 8.45. The molecule has 48 valence electrons. The maximum absolute atomic E-state index is 3.24. The Labute approximate surface area is 76.2 Å². The maximum Gasteiger partial charge on any atom is 0 e. The van der Waals surface area contributed by atoms with Crippen molar-refractivity contribution in [2.75, 3.05) is 0 Å². The van der Waals surface area contributed by atoms with E-state index in [9.17, 15) is 0 Å². The van der Waals surface area contributed by atoms with Gasteiger partial charge in [-0.3, -0.25) is 6.08 Å². The van der Waals surface area contributed by atoms with Crippen LogP contribution in [0.25, 0.3) is 0 Å². The third-order valence-electron chi connectivity index (χ3n) is 1.58. The summed E-state index contributed by atoms with van der Waals surface area (Å²) in [6, 6.07) is 0. The van der Waals surface area contributed by atoms with Crippen molar-refractivity contribution in [2.45, 2.75) is 26.7 Å². The van der Waals surface area contributed by atoms with Crippen LogP contribution in [0.1, 0.15) is 26.7 Å². The molecule has 0 fully saturated rings. The Balaban J connectivity index is 0.000000640. The second-order valence-corrected chi connectivity index (χ2v) is 2.09. The minimum atomic E-state index is 0. The monoisotopic (exact) mass is 197 g/mol. The Morgan fingerprint density at radius 2 is 2.33 bits per heavy atom. The summed E-state index contributed by atoms with van der Waals surface area (Å²) in [4.78, 5) is 0. The molecule has 1 heteroatoms. The van der Waals surface area contributed by atoms with E-state index in [4.69, 9.17) is 0 Å². The number of hydrogen-bond acceptors (Lipinski definition) is 0. The summed E-state index contributed by atoms with van der Waals surface area (Å²) in [5.74, 6) is 0. The molecule has 0 aromatic rings. The van der Waals surface area contributed by atoms with Crippen LogP contribution in [0.3, 0.4) is 0 Å². The molecule has 0 saturated carbocycles. The summed E-state index contributed by atoms with van der Waals surface area (Å²) in [7, 11) is 0. The van der Waals surface area contributed by atoms with E-state index >= 15 is 0 Å². The van der Waals surface area contributed by atoms with Gasteiger partial charge in [-0.1, -0.05) is 20.3 Å². The molecule has 0 aliphatic heterocycles. The topological polar surface area (TPSA) is 0 Å². The first-order valence-corrected chi connectivity index (χ1v) is 3.11. The first kappa shape index (κ1) is 9.36. The van der Waals surface area contributed by atoms with Gasteiger partial charge in [0.1, 0.15) is 0 Å². The summed E-state index contributed by atoms with van der Waals surface area (Å²) < 4.78 is 0. The van der Waals surface area contributed by atoms with Gasteiger partial charge in [-0.15, -0.1) is 6.42 Å². The molecule has 0 amide bonds. The third kappa shape index (κ3) is 2.22. The molecule has 0 aromatic carbocycles. The molecule has 0 saturated heterocycles. The van der Waals surface area contributed by atoms with Gasteiger partial charge in [-0.2, -0.15) is 11.6 Å². The second-order valence-electron chi connectivity index (χ2n) is 2.09. The molecule has 0 unspecified atom stereocenters. The molecule has 9 heavy (non-hydrogen) atoms. The molecular formula is C8H11Zr-. The van der Waals surface area contributed by atoms with E-state index in [1.54, 1.807) is 0 Å². The first-order chi connectivity index (χ1) is 3.84. The van der Waals surface area contributed by atoms with Crippen molar-refractivity contribution < 1.29 is 26.2 Å². The van der Waals surface area contributed by atoms with E-state index in [0.29, 0.717) is 0 Å². The van der Waals surface area contributed by atoms with Crippen LogP contribution >= 0.6 is 0 Å². The molecule has 0 radical (unpaired) electrons. The van der Waals surface area contributed by atoms with E-state index in [0.717, 1.165) is 6.42 Å². The summed E-state index contributed by atoms with van der Waals surface area (Å²) in [5.41, 5.74) is 2.83. The molecule has 0 nitrogen and oxygen atoms in total. The van der Waals surface area contributed by atoms with E-state index < -0.39 is 0 Å². The Kier molecular flexibility index (Phi) is 4.39. The van der Waals surface area contributed by atoms with Gasteiger partial charge in [-0.05, 0) is 0 Å². The van der Waals surface area contributed by atoms with E-state index in [-0.39, 0.29) is 26.2 Å². The van der Waals surface area contributed by atoms with Gasteiger partial charge in [0, 0.05) is 26.2 Å². The minimum absolute atomic E-state index is 0. The SMILES string of the molecule is CCC1=CC[C-]=C1C.[Zr]. The summed E-state index contributed by atoms with van der Waals surface area (Å²) in [5, 5.41) is 0. The van der Waals surface area contributed by atoms with Gasteiger partial charge < -0.3 is 0 Å². The molecule has 1 aliphatic carbocycles. The van der Waals surface area contributed by atoms with Gasteiger partial charge in [0.15, 0.2) is 0 Å². The van der Waals surface area contributed by atoms with Crippen LogP contribution < -0.4 is 0 Å². The second kappa shape index (κ2) is 4.22. The molecule has 0 N–H and O–H groups in total. The van der Waals surface area contributed by atoms with Crippen molar-refractivity contribution in [1.29, 1.82) is 0 Å². The van der Waals surface area contributed by atoms with Crippen LogP contribution in [-0.4, -0.2) is 0 Å². The van der Waals surface area contributed by atoms with Gasteiger partial charge in [0.05, 0.1) is 0 Å². The predicted molar refractivity (Wildman–Crippen MR) is 35.4 cm³/mol. The average molecular weight is 198 g/mol. The van der Waals surface area contributed by atoms with Gasteiger partial charge in [-0.25, -0.2) is 5.57 Å². The quantitative estimate of drug-likeness (QED) is 0.568. The smallest absolute Gasteiger partial charge is 0 e. The van der Waals surface area contributed by atoms with Crippen molar-refractivity contribution in [1.82, 2.24) is 0 Å². The fraction of sp³-hybridized carbons (Fsp3) is 0.500. The third-order valence-corrected chi connectivity index (χ3v) is 1.58. The van der Waals surface area contributed by atoms with Crippen molar-refractivity contribution in [3.8, 4) is 0 Å². The Morgan fingerprint density at radius 1 is 1.67 bits per heavy atom. The summed E-state index contributed by atoms with van der Waals surface area (Å²) >= 11 is 0. The van der Waals surface area contributed by atoms with E-state index in [2.05, 4.69) is 26.0 Å². The molecule has 0 aromatic heterocycles. The Morgan fingerprint density at radius 3 is 2.56 bits per heavy atom. The predicted octanol–water partition coefficient (Wildman–Crippen LogP) is 2.47. The van der Waals surface area contributed by atoms with Crippen molar-refractivity contribution in [2.24, 2.45) is 0 Å². The molecule has 0 atom stereocenters. The van der Waals surface area contributed by atoms with Crippen molar-refractivity contribution >= 4 is 0 Å². The first-order valence-electron chi connectivity index (χ1n) is 3.11. The molecular weight excluding hydrogens is 187 g/mol. The zero-order chi connectivity index (χ0) is 5.98. The van der Waals surface area contributed by atoms with Gasteiger partial charge in [0.2, 0.25) is 0 Å². The van der Waals surface area contributed by atoms with Gasteiger partial charge in [0.25, 0.3) is 0 Å². The van der Waals surface area contributed by atoms with E-state index in [1.807, 2.05) is 0 Å². The maximum atomic E-state index is 3.24. The zero-order valence-electron chi connectivity index (χ0n) is 5.99. The van der Waals surface area contributed by atoms with Gasteiger partial charge >= 0.3 is 0 Å². The van der Waals surface area contributed by atoms with Crippen LogP contribution in [0.2, 0.25) is 0 Å². The van der Waals surface area contributed by atoms with Crippen LogP contribution in [0, 0.1) is 6.08 Å². The number of rotatable bonds is 1. The fourth-order valence-corrected chi connectivity index (χ4v) is 1.00. The normalized spacial score (nSPS) is 16.2.